The number of aliphatic hydroxyl groups is 1. The molecule has 0 aliphatic rings. The summed E-state index contributed by atoms with van der Waals surface area (Å²) in [5, 5.41) is 22.9. The Kier molecular flexibility index (Phi) is 5.46. The number of aryl methyl sites for hydroxylation is 1. The third kappa shape index (κ3) is 4.52. The van der Waals surface area contributed by atoms with Gasteiger partial charge >= 0.3 is 0 Å². The van der Waals surface area contributed by atoms with Gasteiger partial charge in [0.15, 0.2) is 0 Å². The van der Waals surface area contributed by atoms with Crippen LogP contribution in [0.25, 0.3) is 0 Å². The van der Waals surface area contributed by atoms with Gasteiger partial charge in [0.25, 0.3) is 0 Å². The Morgan fingerprint density at radius 3 is 2.27 bits per heavy atom. The lowest BCUT2D eigenvalue weighted by molar-refractivity contribution is 0.0797. The molecule has 134 valence electrons. The van der Waals surface area contributed by atoms with E-state index in [1.165, 1.54) is 11.1 Å². The highest BCUT2D eigenvalue weighted by Gasteiger charge is 2.21. The molecule has 0 spiro atoms. The lowest BCUT2D eigenvalue weighted by Crippen LogP contribution is -2.24. The highest BCUT2D eigenvalue weighted by Crippen LogP contribution is 2.27. The summed E-state index contributed by atoms with van der Waals surface area (Å²) in [6.07, 6.45) is 0.838. The second-order valence-electron chi connectivity index (χ2n) is 7.25. The average molecular weight is 364 g/mol. The van der Waals surface area contributed by atoms with Gasteiger partial charge in [0.2, 0.25) is 0 Å². The van der Waals surface area contributed by atoms with Crippen LogP contribution in [-0.4, -0.2) is 10.2 Å². The van der Waals surface area contributed by atoms with Crippen molar-refractivity contribution in [1.29, 1.82) is 0 Å². The van der Waals surface area contributed by atoms with Gasteiger partial charge < -0.3 is 10.2 Å². The van der Waals surface area contributed by atoms with E-state index in [0.717, 1.165) is 28.2 Å². The van der Waals surface area contributed by atoms with Crippen LogP contribution in [0.3, 0.4) is 0 Å². The average Bonchev–Trinajstić information content (AvgIpc) is 2.59. The minimum absolute atomic E-state index is 0.291. The Morgan fingerprint density at radius 1 is 0.846 bits per heavy atom. The fraction of sp³-hybridized carbons (Fsp3) is 0.217. The van der Waals surface area contributed by atoms with Gasteiger partial charge in [0, 0.05) is 5.30 Å². The molecule has 1 unspecified atom stereocenters. The Hall–Kier alpha value is -2.15. The molecule has 3 aromatic rings. The molecule has 0 aliphatic carbocycles. The minimum atomic E-state index is -0.911. The van der Waals surface area contributed by atoms with Crippen molar-refractivity contribution in [2.45, 2.75) is 32.8 Å². The molecule has 0 heterocycles. The first-order chi connectivity index (χ1) is 12.3. The van der Waals surface area contributed by atoms with Crippen molar-refractivity contribution < 1.29 is 10.2 Å². The van der Waals surface area contributed by atoms with Crippen molar-refractivity contribution in [3.05, 3.63) is 89.0 Å². The van der Waals surface area contributed by atoms with Crippen LogP contribution in [0.2, 0.25) is 0 Å². The molecular weight excluding hydrogens is 339 g/mol. The van der Waals surface area contributed by atoms with E-state index in [2.05, 4.69) is 30.3 Å². The monoisotopic (exact) mass is 364 g/mol. The maximum atomic E-state index is 10.5. The van der Waals surface area contributed by atoms with Crippen LogP contribution in [-0.2, 0) is 12.0 Å². The molecule has 0 aromatic heterocycles. The van der Waals surface area contributed by atoms with Gasteiger partial charge in [-0.25, -0.2) is 0 Å². The zero-order valence-corrected chi connectivity index (χ0v) is 16.5. The van der Waals surface area contributed by atoms with Gasteiger partial charge in [-0.2, -0.15) is 0 Å². The van der Waals surface area contributed by atoms with Crippen LogP contribution >= 0.6 is 8.58 Å². The molecular formula is C23H25O2P. The zero-order chi connectivity index (χ0) is 18.7. The number of phenols is 1. The number of benzene rings is 3. The van der Waals surface area contributed by atoms with Crippen LogP contribution in [0.4, 0.5) is 0 Å². The van der Waals surface area contributed by atoms with Crippen molar-refractivity contribution in [2.75, 3.05) is 0 Å². The summed E-state index contributed by atoms with van der Waals surface area (Å²) in [6.45, 7) is 5.64. The number of hydrogen-bond donors (Lipinski definition) is 2. The highest BCUT2D eigenvalue weighted by molar-refractivity contribution is 7.55. The predicted molar refractivity (Wildman–Crippen MR) is 111 cm³/mol. The van der Waals surface area contributed by atoms with Crippen molar-refractivity contribution in [2.24, 2.45) is 0 Å². The molecule has 0 saturated carbocycles. The Balaban J connectivity index is 1.92. The molecule has 26 heavy (non-hydrogen) atoms. The number of aromatic hydroxyl groups is 1. The zero-order valence-electron chi connectivity index (χ0n) is 15.5. The van der Waals surface area contributed by atoms with E-state index in [0.29, 0.717) is 14.3 Å². The second kappa shape index (κ2) is 7.61. The molecule has 3 heteroatoms. The normalized spacial score (nSPS) is 12.0. The summed E-state index contributed by atoms with van der Waals surface area (Å²) in [4.78, 5) is 0. The molecule has 2 N–H and O–H groups in total. The fourth-order valence-electron chi connectivity index (χ4n) is 3.04. The second-order valence-corrected chi connectivity index (χ2v) is 8.57. The van der Waals surface area contributed by atoms with Crippen LogP contribution < -0.4 is 10.6 Å². The third-order valence-corrected chi connectivity index (χ3v) is 5.79. The largest absolute Gasteiger partial charge is 0.507 e. The maximum absolute atomic E-state index is 10.5. The summed E-state index contributed by atoms with van der Waals surface area (Å²) >= 11 is 0. The van der Waals surface area contributed by atoms with Crippen LogP contribution in [0, 0.1) is 6.92 Å². The van der Waals surface area contributed by atoms with Crippen molar-refractivity contribution in [3.63, 3.8) is 0 Å². The lowest BCUT2D eigenvalue weighted by Gasteiger charge is -2.22. The standard InChI is InChI=1S/C23H25O2P/c1-16-9-12-21(19(13-16)23(2,3)25)26-22-15-18(10-11-20(22)24)14-17-7-5-4-6-8-17/h4-13,15,24-26H,14H2,1-3H3. The molecule has 0 fully saturated rings. The quantitative estimate of drug-likeness (QED) is 0.668. The van der Waals surface area contributed by atoms with Crippen LogP contribution in [0.15, 0.2) is 66.7 Å². The molecule has 3 rings (SSSR count). The summed E-state index contributed by atoms with van der Waals surface area (Å²) in [5.74, 6) is 0.308. The van der Waals surface area contributed by atoms with Gasteiger partial charge in [-0.05, 0) is 61.3 Å². The number of hydrogen-bond acceptors (Lipinski definition) is 2. The van der Waals surface area contributed by atoms with Gasteiger partial charge in [0.1, 0.15) is 5.75 Å². The van der Waals surface area contributed by atoms with E-state index in [1.807, 2.05) is 37.3 Å². The topological polar surface area (TPSA) is 40.5 Å². The summed E-state index contributed by atoms with van der Waals surface area (Å²) in [6, 6.07) is 22.3. The Labute approximate surface area is 157 Å². The third-order valence-electron chi connectivity index (χ3n) is 4.42. The van der Waals surface area contributed by atoms with Crippen molar-refractivity contribution in [3.8, 4) is 5.75 Å². The predicted octanol–water partition coefficient (Wildman–Crippen LogP) is 4.15. The Bertz CT molecular complexity index is 896. The van der Waals surface area contributed by atoms with Gasteiger partial charge in [-0.15, -0.1) is 0 Å². The Morgan fingerprint density at radius 2 is 1.58 bits per heavy atom. The van der Waals surface area contributed by atoms with Gasteiger partial charge in [0.05, 0.1) is 5.60 Å². The van der Waals surface area contributed by atoms with Gasteiger partial charge in [-0.3, -0.25) is 0 Å². The number of phenolic OH excluding ortho intramolecular Hbond substituents is 1. The summed E-state index contributed by atoms with van der Waals surface area (Å²) in [5.41, 5.74) is 3.56. The molecule has 2 nitrogen and oxygen atoms in total. The summed E-state index contributed by atoms with van der Waals surface area (Å²) in [7, 11) is 0.291. The molecule has 0 amide bonds. The minimum Gasteiger partial charge on any atom is -0.507 e. The first-order valence-corrected chi connectivity index (χ1v) is 9.79. The van der Waals surface area contributed by atoms with Crippen LogP contribution in [0.1, 0.15) is 36.1 Å². The van der Waals surface area contributed by atoms with E-state index in [9.17, 15) is 10.2 Å². The molecule has 0 bridgehead atoms. The summed E-state index contributed by atoms with van der Waals surface area (Å²) < 4.78 is 0. The lowest BCUT2D eigenvalue weighted by atomic mass is 9.97. The maximum Gasteiger partial charge on any atom is 0.123 e. The fourth-order valence-corrected chi connectivity index (χ4v) is 4.48. The molecule has 0 radical (unpaired) electrons. The van der Waals surface area contributed by atoms with Crippen LogP contribution in [0.5, 0.6) is 5.75 Å². The van der Waals surface area contributed by atoms with E-state index in [4.69, 9.17) is 0 Å². The first kappa shape index (κ1) is 18.6. The molecule has 3 aromatic carbocycles. The SMILES string of the molecule is Cc1ccc(Pc2cc(Cc3ccccc3)ccc2O)c(C(C)(C)O)c1. The van der Waals surface area contributed by atoms with E-state index in [-0.39, 0.29) is 0 Å². The molecule has 0 aliphatic heterocycles. The first-order valence-electron chi connectivity index (χ1n) is 8.79. The van der Waals surface area contributed by atoms with E-state index < -0.39 is 5.60 Å². The molecule has 0 saturated heterocycles. The number of rotatable bonds is 5. The van der Waals surface area contributed by atoms with Crippen molar-refractivity contribution in [1.82, 2.24) is 0 Å². The molecule has 1 atom stereocenters. The van der Waals surface area contributed by atoms with E-state index in [1.54, 1.807) is 19.9 Å². The van der Waals surface area contributed by atoms with E-state index >= 15 is 0 Å². The van der Waals surface area contributed by atoms with Gasteiger partial charge in [-0.1, -0.05) is 68.7 Å². The highest BCUT2D eigenvalue weighted by atomic mass is 31.1. The smallest absolute Gasteiger partial charge is 0.123 e. The van der Waals surface area contributed by atoms with Crippen molar-refractivity contribution >= 4 is 19.2 Å².